The van der Waals surface area contributed by atoms with E-state index in [1.54, 1.807) is 95.0 Å². The number of ether oxygens (including phenoxy) is 4. The number of fused-ring (bicyclic) bond motifs is 1. The number of hydrogen-bond acceptors (Lipinski definition) is 9. The molecule has 6 aromatic carbocycles. The number of epoxide rings is 1. The van der Waals surface area contributed by atoms with Crippen LogP contribution in [-0.4, -0.2) is 45.3 Å². The lowest BCUT2D eigenvalue weighted by Gasteiger charge is -2.15. The van der Waals surface area contributed by atoms with E-state index in [1.165, 1.54) is 36.4 Å². The van der Waals surface area contributed by atoms with Gasteiger partial charge in [0.05, 0.1) is 42.9 Å². The number of hydrogen-bond donors (Lipinski definition) is 0. The van der Waals surface area contributed by atoms with Crippen LogP contribution in [0.4, 0.5) is 0 Å². The van der Waals surface area contributed by atoms with Gasteiger partial charge in [-0.2, -0.15) is 0 Å². The molecule has 55 heavy (non-hydrogen) atoms. The molecule has 1 fully saturated rings. The first-order valence-corrected chi connectivity index (χ1v) is 20.2. The number of imidazole rings is 1. The molecular formula is C42H34N2O9S2. The van der Waals surface area contributed by atoms with Crippen LogP contribution >= 0.6 is 0 Å². The predicted molar refractivity (Wildman–Crippen MR) is 205 cm³/mol. The van der Waals surface area contributed by atoms with Crippen molar-refractivity contribution >= 4 is 30.7 Å². The van der Waals surface area contributed by atoms with Gasteiger partial charge in [0.1, 0.15) is 30.0 Å². The summed E-state index contributed by atoms with van der Waals surface area (Å²) in [5, 5.41) is 0. The summed E-state index contributed by atoms with van der Waals surface area (Å²) < 4.78 is 79.9. The summed E-state index contributed by atoms with van der Waals surface area (Å²) in [6.45, 7) is 2.78. The Kier molecular flexibility index (Phi) is 9.29. The molecular weight excluding hydrogens is 741 g/mol. The molecule has 11 nitrogen and oxygen atoms in total. The van der Waals surface area contributed by atoms with Crippen molar-refractivity contribution in [1.82, 2.24) is 9.13 Å². The van der Waals surface area contributed by atoms with E-state index in [-0.39, 0.29) is 31.4 Å². The maximum absolute atomic E-state index is 13.6. The first-order valence-electron chi connectivity index (χ1n) is 17.3. The smallest absolute Gasteiger partial charge is 0.333 e. The molecule has 0 radical (unpaired) electrons. The van der Waals surface area contributed by atoms with Crippen LogP contribution in [0, 0.1) is 6.92 Å². The molecule has 0 amide bonds. The third-order valence-electron chi connectivity index (χ3n) is 9.17. The number of rotatable bonds is 12. The number of aromatic nitrogens is 2. The second kappa shape index (κ2) is 14.3. The van der Waals surface area contributed by atoms with Crippen LogP contribution in [0.5, 0.6) is 28.7 Å². The maximum Gasteiger partial charge on any atom is 0.333 e. The highest BCUT2D eigenvalue weighted by atomic mass is 32.2. The molecule has 1 aromatic heterocycles. The molecule has 0 saturated carbocycles. The maximum atomic E-state index is 13.6. The minimum Gasteiger partial charge on any atom is -0.487 e. The SMILES string of the molecule is Cc1ccc(S(=O)(=O)c2ccc(Oc3ccc(Oc4ccc(S(=O)(=O)c5ccc(-n6c(=O)n(C)c7ccccc76)cc5)cc4)cc3OCC3CO3)cc2)cc1. The van der Waals surface area contributed by atoms with E-state index in [0.717, 1.165) is 16.6 Å². The van der Waals surface area contributed by atoms with Crippen LogP contribution in [0.15, 0.2) is 164 Å². The summed E-state index contributed by atoms with van der Waals surface area (Å²) in [5.74, 6) is 1.95. The lowest BCUT2D eigenvalue weighted by molar-refractivity contribution is 0.254. The van der Waals surface area contributed by atoms with E-state index in [9.17, 15) is 21.6 Å². The molecule has 1 atom stereocenters. The van der Waals surface area contributed by atoms with Gasteiger partial charge in [0, 0.05) is 13.1 Å². The fourth-order valence-corrected chi connectivity index (χ4v) is 8.56. The van der Waals surface area contributed by atoms with E-state index < -0.39 is 19.7 Å². The molecule has 13 heteroatoms. The standard InChI is InChI=1S/C42H34N2O9S2/c1-28-7-16-34(17-8-28)54(46,47)37-22-13-31(14-23-37)53-40-24-15-32(25-41(40)51-27-33-26-50-33)52-30-11-20-36(21-12-30)55(48,49)35-18-9-29(10-19-35)44-39-6-4-3-5-38(39)43(2)42(44)45/h3-25,33H,26-27H2,1-2H3. The Balaban J connectivity index is 0.976. The Morgan fingerprint density at radius 2 is 1.11 bits per heavy atom. The van der Waals surface area contributed by atoms with E-state index in [0.29, 0.717) is 47.6 Å². The lowest BCUT2D eigenvalue weighted by Crippen LogP contribution is -2.20. The van der Waals surface area contributed by atoms with Gasteiger partial charge in [0.25, 0.3) is 0 Å². The van der Waals surface area contributed by atoms with E-state index >= 15 is 0 Å². The Morgan fingerprint density at radius 3 is 1.67 bits per heavy atom. The Labute approximate surface area is 317 Å². The van der Waals surface area contributed by atoms with Gasteiger partial charge in [0.15, 0.2) is 11.5 Å². The number of aryl methyl sites for hydroxylation is 2. The quantitative estimate of drug-likeness (QED) is 0.115. The van der Waals surface area contributed by atoms with Gasteiger partial charge in [-0.25, -0.2) is 21.6 Å². The van der Waals surface area contributed by atoms with Crippen molar-refractivity contribution in [2.24, 2.45) is 7.05 Å². The average molecular weight is 775 g/mol. The van der Waals surface area contributed by atoms with Gasteiger partial charge in [-0.05, 0) is 116 Å². The molecule has 1 aliphatic rings. The van der Waals surface area contributed by atoms with Crippen molar-refractivity contribution < 1.29 is 35.8 Å². The molecule has 0 bridgehead atoms. The number of para-hydroxylation sites is 2. The zero-order valence-corrected chi connectivity index (χ0v) is 31.3. The molecule has 278 valence electrons. The third-order valence-corrected chi connectivity index (χ3v) is 12.7. The molecule has 1 saturated heterocycles. The zero-order valence-electron chi connectivity index (χ0n) is 29.7. The number of nitrogens with zero attached hydrogens (tertiary/aromatic N) is 2. The Morgan fingerprint density at radius 1 is 0.618 bits per heavy atom. The molecule has 1 aliphatic heterocycles. The highest BCUT2D eigenvalue weighted by molar-refractivity contribution is 7.91. The predicted octanol–water partition coefficient (Wildman–Crippen LogP) is 7.67. The van der Waals surface area contributed by atoms with Crippen LogP contribution in [0.1, 0.15) is 5.56 Å². The summed E-state index contributed by atoms with van der Waals surface area (Å²) in [6.07, 6.45) is -0.0319. The van der Waals surface area contributed by atoms with E-state index in [4.69, 9.17) is 18.9 Å². The van der Waals surface area contributed by atoms with Gasteiger partial charge in [0.2, 0.25) is 19.7 Å². The Bertz CT molecular complexity index is 2810. The number of sulfone groups is 2. The summed E-state index contributed by atoms with van der Waals surface area (Å²) in [7, 11) is -5.89. The van der Waals surface area contributed by atoms with Gasteiger partial charge < -0.3 is 18.9 Å². The molecule has 2 heterocycles. The molecule has 1 unspecified atom stereocenters. The minimum atomic E-state index is -3.88. The monoisotopic (exact) mass is 774 g/mol. The van der Waals surface area contributed by atoms with Crippen LogP contribution in [0.2, 0.25) is 0 Å². The van der Waals surface area contributed by atoms with Crippen molar-refractivity contribution in [3.05, 3.63) is 156 Å². The van der Waals surface area contributed by atoms with E-state index in [1.807, 2.05) is 31.2 Å². The van der Waals surface area contributed by atoms with Gasteiger partial charge in [-0.15, -0.1) is 0 Å². The van der Waals surface area contributed by atoms with Crippen molar-refractivity contribution in [2.45, 2.75) is 32.6 Å². The minimum absolute atomic E-state index is 0.0319. The Hall–Kier alpha value is -6.15. The fourth-order valence-electron chi connectivity index (χ4n) is 6.04. The molecule has 0 N–H and O–H groups in total. The first-order chi connectivity index (χ1) is 26.5. The van der Waals surface area contributed by atoms with Gasteiger partial charge in [-0.1, -0.05) is 29.8 Å². The summed E-state index contributed by atoms with van der Waals surface area (Å²) in [6, 6.07) is 37.5. The van der Waals surface area contributed by atoms with Crippen molar-refractivity contribution in [2.75, 3.05) is 13.2 Å². The zero-order chi connectivity index (χ0) is 38.3. The topological polar surface area (TPSA) is 135 Å². The van der Waals surface area contributed by atoms with Crippen LogP contribution in [-0.2, 0) is 31.5 Å². The summed E-state index contributed by atoms with van der Waals surface area (Å²) in [4.78, 5) is 13.5. The second-order valence-corrected chi connectivity index (χ2v) is 16.9. The fraction of sp³-hybridized carbons (Fsp3) is 0.119. The summed E-state index contributed by atoms with van der Waals surface area (Å²) >= 11 is 0. The van der Waals surface area contributed by atoms with Gasteiger partial charge >= 0.3 is 5.69 Å². The largest absolute Gasteiger partial charge is 0.487 e. The van der Waals surface area contributed by atoms with E-state index in [2.05, 4.69) is 0 Å². The van der Waals surface area contributed by atoms with Gasteiger partial charge in [-0.3, -0.25) is 9.13 Å². The third kappa shape index (κ3) is 7.24. The molecule has 0 aliphatic carbocycles. The van der Waals surface area contributed by atoms with Crippen LogP contribution < -0.4 is 19.9 Å². The van der Waals surface area contributed by atoms with Crippen molar-refractivity contribution in [3.8, 4) is 34.4 Å². The average Bonchev–Trinajstić information content (AvgIpc) is 3.99. The van der Waals surface area contributed by atoms with Crippen LogP contribution in [0.3, 0.4) is 0 Å². The first kappa shape index (κ1) is 35.9. The van der Waals surface area contributed by atoms with Crippen molar-refractivity contribution in [1.29, 1.82) is 0 Å². The van der Waals surface area contributed by atoms with Crippen molar-refractivity contribution in [3.63, 3.8) is 0 Å². The van der Waals surface area contributed by atoms with Crippen LogP contribution in [0.25, 0.3) is 16.7 Å². The highest BCUT2D eigenvalue weighted by Gasteiger charge is 2.25. The lowest BCUT2D eigenvalue weighted by atomic mass is 10.2. The number of benzene rings is 6. The highest BCUT2D eigenvalue weighted by Crippen LogP contribution is 2.38. The molecule has 8 rings (SSSR count). The molecule has 0 spiro atoms. The normalized spacial score (nSPS) is 14.1. The summed E-state index contributed by atoms with van der Waals surface area (Å²) in [5.41, 5.74) is 2.77. The second-order valence-electron chi connectivity index (χ2n) is 13.0. The molecule has 7 aromatic rings.